The number of ether oxygens (including phenoxy) is 1. The largest absolute Gasteiger partial charge is 0.455 e. The molecule has 17 atom stereocenters. The van der Waals surface area contributed by atoms with Crippen molar-refractivity contribution in [1.82, 2.24) is 83.4 Å². The molecule has 5 aliphatic rings. The molecule has 9 heterocycles. The minimum Gasteiger partial charge on any atom is -0.455 e. The minimum atomic E-state index is -2.21. The van der Waals surface area contributed by atoms with Gasteiger partial charge in [-0.05, 0) is 85.8 Å². The highest BCUT2D eigenvalue weighted by Crippen LogP contribution is 2.48. The van der Waals surface area contributed by atoms with E-state index in [1.807, 2.05) is 0 Å². The topological polar surface area (TPSA) is 563 Å². The highest BCUT2D eigenvalue weighted by molar-refractivity contribution is 8.14. The number of nitrogens with one attached hydrogen (secondary N) is 11. The first-order valence-corrected chi connectivity index (χ1v) is 40.1. The van der Waals surface area contributed by atoms with Crippen LogP contribution in [0.3, 0.4) is 0 Å². The molecule has 10 rings (SSSR count). The van der Waals surface area contributed by atoms with Gasteiger partial charge in [0.1, 0.15) is 113 Å². The quantitative estimate of drug-likeness (QED) is 0.0606. The molecule has 0 spiro atoms. The molecule has 0 saturated carbocycles. The first-order chi connectivity index (χ1) is 53.7. The Morgan fingerprint density at radius 2 is 1.45 bits per heavy atom. The van der Waals surface area contributed by atoms with Crippen molar-refractivity contribution < 1.29 is 87.8 Å². The van der Waals surface area contributed by atoms with Crippen molar-refractivity contribution in [3.8, 4) is 0 Å². The molecular weight excluding hydrogens is 1580 g/mol. The number of aliphatic imine (C=N–C) groups is 2. The van der Waals surface area contributed by atoms with Gasteiger partial charge in [-0.2, -0.15) is 0 Å². The Morgan fingerprint density at radius 1 is 0.763 bits per heavy atom. The van der Waals surface area contributed by atoms with Crippen LogP contribution in [0.25, 0.3) is 6.08 Å². The highest BCUT2D eigenvalue weighted by atomic mass is 32.2. The van der Waals surface area contributed by atoms with Crippen LogP contribution in [0, 0.1) is 5.92 Å². The molecule has 11 amide bonds. The van der Waals surface area contributed by atoms with Gasteiger partial charge in [0.05, 0.1) is 70.3 Å². The molecule has 37 nitrogen and oxygen atoms in total. The number of fused-ring (bicyclic) bond motifs is 7. The molecule has 0 radical (unpaired) electrons. The SMILES string of the molecule is C=C(NC(=O)C(=C)NC(=O)c1csc(C2=N[C@@H]3c4csc(n4)[C@H]4NC(=O)c5csc(n5)[C@H](C(C)(O)[C@@H](C)O)NC(=O)[C@H]5CSC(=N5)C(=CC)NC(=O)[C@H]([C@@H](C)O)NC(=O)c5csc(n5)[C@]3(CC2)NC(=O)[C@H](C)NC(=O)C(=C)NC(=O)[C@H](C)NC(=O)[C@H]([C@@H](C)CC)N[C@@H]2C=Cc3c([C@H](C)O)cc(nc3[C@H]2O)C(=O)O[C@@H]4C)n1)C(N)=O. The lowest BCUT2D eigenvalue weighted by atomic mass is 9.80. The van der Waals surface area contributed by atoms with Crippen LogP contribution in [0.15, 0.2) is 92.2 Å². The molecule has 0 saturated heterocycles. The number of esters is 1. The highest BCUT2D eigenvalue weighted by Gasteiger charge is 2.51. The van der Waals surface area contributed by atoms with Gasteiger partial charge >= 0.3 is 5.97 Å². The van der Waals surface area contributed by atoms with Crippen LogP contribution < -0.4 is 64.2 Å². The molecular formula is C72H85N19O18S5. The summed E-state index contributed by atoms with van der Waals surface area (Å²) in [7, 11) is 0. The average molecular weight is 1660 g/mol. The first kappa shape index (κ1) is 85.9. The number of primary amides is 1. The van der Waals surface area contributed by atoms with Gasteiger partial charge in [0.2, 0.25) is 29.5 Å². The van der Waals surface area contributed by atoms with Gasteiger partial charge in [0.15, 0.2) is 0 Å². The molecule has 0 fully saturated rings. The van der Waals surface area contributed by atoms with E-state index >= 15 is 14.4 Å². The van der Waals surface area contributed by atoms with Gasteiger partial charge in [-0.25, -0.2) is 29.7 Å². The third-order valence-electron chi connectivity index (χ3n) is 19.5. The number of pyridine rings is 1. The molecule has 13 bridgehead atoms. The number of rotatable bonds is 12. The summed E-state index contributed by atoms with van der Waals surface area (Å²) in [6.45, 7) is 24.9. The van der Waals surface area contributed by atoms with E-state index in [1.54, 1.807) is 26.8 Å². The van der Waals surface area contributed by atoms with Crippen molar-refractivity contribution in [3.63, 3.8) is 0 Å². The Bertz CT molecular complexity index is 4880. The first-order valence-electron chi connectivity index (χ1n) is 35.6. The maximum absolute atomic E-state index is 15.4. The zero-order valence-electron chi connectivity index (χ0n) is 63.0. The van der Waals surface area contributed by atoms with Crippen LogP contribution in [0.2, 0.25) is 0 Å². The van der Waals surface area contributed by atoms with E-state index in [1.165, 1.54) is 88.2 Å². The van der Waals surface area contributed by atoms with Crippen molar-refractivity contribution >= 4 is 145 Å². The van der Waals surface area contributed by atoms with Crippen molar-refractivity contribution in [3.05, 3.63) is 148 Å². The van der Waals surface area contributed by atoms with E-state index in [0.717, 1.165) is 57.1 Å². The minimum absolute atomic E-state index is 0.0158. The number of amides is 11. The summed E-state index contributed by atoms with van der Waals surface area (Å²) < 4.78 is 6.26. The monoisotopic (exact) mass is 1660 g/mol. The van der Waals surface area contributed by atoms with Gasteiger partial charge in [0, 0.05) is 32.8 Å². The van der Waals surface area contributed by atoms with E-state index in [4.69, 9.17) is 25.4 Å². The number of carbonyl (C=O) groups excluding carboxylic acids is 12. The number of aromatic nitrogens is 5. The van der Waals surface area contributed by atoms with Gasteiger partial charge in [-0.1, -0.05) is 58.2 Å². The fourth-order valence-electron chi connectivity index (χ4n) is 12.3. The zero-order chi connectivity index (χ0) is 83.4. The molecule has 18 N–H and O–H groups in total. The standard InChI is InChI=1S/C72H85N19O18S5/c1-14-26(3)47-63(105)78-30(7)57(99)75-28(5)56(98)76-31(8)58(100)91-72-19-18-40(66-85-43(22-111-66)59(101)77-29(6)55(97)74-27(4)54(73)96)81-52(72)42-21-112-67(83-42)49(34(11)109-69(107)41-20-37(32(9)92)36-16-17-39(79-47)51(95)50(36)80-41)89-60(102)44-24-113-68(86-44)53(71(13,108)35(12)94)90-62(104)45-23-110-65(84-45)38(15-2)82-64(106)48(33(10)93)88-61(103)46-25-114-70(72)87-46/h15-17,20-22,24-26,30-35,39,45,47-49,51-53,79,92-95,108H,4-6,14,18-19,23H2,1-3,7-13H3,(H2,73,96)(H,74,97)(H,75,99)(H,76,98)(H,77,101)(H,78,105)(H,82,106)(H,88,103)(H,89,102)(H,90,104)(H,91,100)/t26-,30-,31-,32-,33+,34+,35+,39+,45+,47-,48-,49-,51-,52+,53+,71?,72+/m0/s1. The van der Waals surface area contributed by atoms with Crippen molar-refractivity contribution in [2.75, 3.05) is 5.75 Å². The Morgan fingerprint density at radius 3 is 2.12 bits per heavy atom. The number of hydrogen-bond donors (Lipinski definition) is 17. The molecule has 42 heteroatoms. The Hall–Kier alpha value is -10.5. The number of aliphatic hydroxyl groups excluding tert-OH is 4. The molecule has 114 heavy (non-hydrogen) atoms. The lowest BCUT2D eigenvalue weighted by Crippen LogP contribution is -2.57. The predicted octanol–water partition coefficient (Wildman–Crippen LogP) is 0.774. The summed E-state index contributed by atoms with van der Waals surface area (Å²) >= 11 is 4.42. The summed E-state index contributed by atoms with van der Waals surface area (Å²) in [5.41, 5.74) is -1.79. The molecule has 5 aromatic heterocycles. The van der Waals surface area contributed by atoms with Gasteiger partial charge in [-0.3, -0.25) is 68.0 Å². The van der Waals surface area contributed by atoms with Crippen molar-refractivity contribution in [1.29, 1.82) is 0 Å². The van der Waals surface area contributed by atoms with Crippen LogP contribution in [0.4, 0.5) is 0 Å². The van der Waals surface area contributed by atoms with Gasteiger partial charge in [0.25, 0.3) is 35.4 Å². The van der Waals surface area contributed by atoms with E-state index in [9.17, 15) is 68.7 Å². The average Bonchev–Trinajstić information content (AvgIpc) is 1.50. The molecule has 5 aromatic rings. The van der Waals surface area contributed by atoms with E-state index in [-0.39, 0.29) is 94.7 Å². The van der Waals surface area contributed by atoms with Crippen molar-refractivity contribution in [2.45, 2.75) is 185 Å². The number of aliphatic hydroxyl groups is 5. The second-order valence-corrected chi connectivity index (χ2v) is 32.3. The lowest BCUT2D eigenvalue weighted by Gasteiger charge is -2.41. The van der Waals surface area contributed by atoms with Crippen LogP contribution >= 0.6 is 57.1 Å². The second-order valence-electron chi connectivity index (χ2n) is 27.8. The van der Waals surface area contributed by atoms with Crippen molar-refractivity contribution in [2.24, 2.45) is 21.6 Å². The fourth-order valence-corrected chi connectivity index (χ4v) is 17.2. The Balaban J connectivity index is 1.18. The molecule has 4 aliphatic heterocycles. The maximum Gasteiger partial charge on any atom is 0.357 e. The maximum atomic E-state index is 15.4. The number of allylic oxidation sites excluding steroid dienone is 1. The molecule has 1 aliphatic carbocycles. The molecule has 1 unspecified atom stereocenters. The van der Waals surface area contributed by atoms with Crippen LogP contribution in [-0.2, 0) is 48.6 Å². The number of carbonyl (C=O) groups is 12. The van der Waals surface area contributed by atoms with Gasteiger partial charge < -0.3 is 89.2 Å². The van der Waals surface area contributed by atoms with E-state index in [0.29, 0.717) is 6.42 Å². The summed E-state index contributed by atoms with van der Waals surface area (Å²) in [6, 6.07) is -11.6. The second kappa shape index (κ2) is 35.5. The number of nitrogens with zero attached hydrogens (tertiary/aromatic N) is 7. The Labute approximate surface area is 671 Å². The third-order valence-corrected chi connectivity index (χ3v) is 24.3. The third kappa shape index (κ3) is 18.6. The fraction of sp³-hybridized carbons (Fsp3) is 0.431. The molecule has 606 valence electrons. The molecule has 0 aromatic carbocycles. The lowest BCUT2D eigenvalue weighted by molar-refractivity contribution is -0.131. The smallest absolute Gasteiger partial charge is 0.357 e. The van der Waals surface area contributed by atoms with Crippen LogP contribution in [0.5, 0.6) is 0 Å². The summed E-state index contributed by atoms with van der Waals surface area (Å²) in [5.74, 6) is -12.2. The summed E-state index contributed by atoms with van der Waals surface area (Å²) in [6.07, 6.45) is -3.18. The van der Waals surface area contributed by atoms with Crippen LogP contribution in [0.1, 0.15) is 203 Å². The number of hydrogen-bond acceptors (Lipinski definition) is 31. The van der Waals surface area contributed by atoms with Gasteiger partial charge in [-0.15, -0.1) is 57.1 Å². The zero-order valence-corrected chi connectivity index (χ0v) is 67.1. The number of cyclic esters (lactones) is 1. The number of nitrogens with two attached hydrogens (primary N) is 1. The Kier molecular flexibility index (Phi) is 26.7. The number of thioether (sulfide) groups is 1. The predicted molar refractivity (Wildman–Crippen MR) is 418 cm³/mol. The van der Waals surface area contributed by atoms with E-state index < -0.39 is 196 Å². The number of thiazole rings is 4. The van der Waals surface area contributed by atoms with Crippen LogP contribution in [-0.4, -0.2) is 198 Å². The summed E-state index contributed by atoms with van der Waals surface area (Å²) in [5, 5.41) is 92.2. The summed E-state index contributed by atoms with van der Waals surface area (Å²) in [4.78, 5) is 204. The normalized spacial score (nSPS) is 26.9. The van der Waals surface area contributed by atoms with E-state index in [2.05, 4.69) is 98.2 Å².